The van der Waals surface area contributed by atoms with E-state index in [-0.39, 0.29) is 24.8 Å². The Kier molecular flexibility index (Phi) is 8.22. The maximum Gasteiger partial charge on any atom is 0.243 e. The highest BCUT2D eigenvalue weighted by atomic mass is 16.5. The Morgan fingerprint density at radius 3 is 2.59 bits per heavy atom. The average Bonchev–Trinajstić information content (AvgIpc) is 2.97. The topological polar surface area (TPSA) is 109 Å². The van der Waals surface area contributed by atoms with Gasteiger partial charge in [-0.25, -0.2) is 0 Å². The van der Waals surface area contributed by atoms with Crippen molar-refractivity contribution in [1.29, 1.82) is 5.26 Å². The van der Waals surface area contributed by atoms with Crippen molar-refractivity contribution in [1.82, 2.24) is 15.1 Å². The van der Waals surface area contributed by atoms with Gasteiger partial charge in [0.15, 0.2) is 0 Å². The van der Waals surface area contributed by atoms with Gasteiger partial charge in [-0.05, 0) is 57.0 Å². The number of nitrogens with zero attached hydrogens (tertiary/aromatic N) is 3. The lowest BCUT2D eigenvalue weighted by Crippen LogP contribution is -2.33. The van der Waals surface area contributed by atoms with Gasteiger partial charge in [0.2, 0.25) is 11.8 Å². The number of aromatic nitrogens is 2. The minimum Gasteiger partial charge on any atom is -0.494 e. The van der Waals surface area contributed by atoms with Crippen LogP contribution in [0.2, 0.25) is 0 Å². The van der Waals surface area contributed by atoms with Crippen molar-refractivity contribution in [2.45, 2.75) is 46.6 Å². The minimum atomic E-state index is -0.292. The molecule has 2 aromatic rings. The molecular weight excluding hydrogens is 370 g/mol. The molecule has 8 nitrogen and oxygen atoms in total. The van der Waals surface area contributed by atoms with E-state index >= 15 is 0 Å². The van der Waals surface area contributed by atoms with Crippen LogP contribution in [0, 0.1) is 25.2 Å². The third-order valence-electron chi connectivity index (χ3n) is 4.46. The van der Waals surface area contributed by atoms with Crippen LogP contribution in [-0.2, 0) is 22.6 Å². The van der Waals surface area contributed by atoms with Gasteiger partial charge in [-0.3, -0.25) is 14.3 Å². The molecule has 1 aromatic carbocycles. The first-order chi connectivity index (χ1) is 13.9. The SMILES string of the molecule is CCOc1ccc(NC(=O)CNC(=O)CCc2c(C)nn(CCC#N)c2C)cc1. The van der Waals surface area contributed by atoms with E-state index < -0.39 is 0 Å². The van der Waals surface area contributed by atoms with Gasteiger partial charge < -0.3 is 15.4 Å². The standard InChI is InChI=1S/C21H27N5O3/c1-4-29-18-8-6-17(7-9-18)24-21(28)14-23-20(27)11-10-19-15(2)25-26(16(19)3)13-5-12-22/h6-9H,4-5,10-11,13-14H2,1-3H3,(H,23,27)(H,24,28). The van der Waals surface area contributed by atoms with E-state index in [1.165, 1.54) is 0 Å². The van der Waals surface area contributed by atoms with Gasteiger partial charge in [-0.15, -0.1) is 0 Å². The number of aryl methyl sites for hydroxylation is 2. The molecule has 0 radical (unpaired) electrons. The van der Waals surface area contributed by atoms with E-state index in [0.717, 1.165) is 22.7 Å². The summed E-state index contributed by atoms with van der Waals surface area (Å²) in [6, 6.07) is 9.16. The summed E-state index contributed by atoms with van der Waals surface area (Å²) in [5, 5.41) is 18.5. The third kappa shape index (κ3) is 6.64. The summed E-state index contributed by atoms with van der Waals surface area (Å²) in [4.78, 5) is 24.1. The maximum absolute atomic E-state index is 12.1. The molecule has 0 saturated carbocycles. The summed E-state index contributed by atoms with van der Waals surface area (Å²) >= 11 is 0. The fourth-order valence-corrected chi connectivity index (χ4v) is 2.98. The van der Waals surface area contributed by atoms with Gasteiger partial charge in [0.1, 0.15) is 5.75 Å². The Labute approximate surface area is 170 Å². The number of benzene rings is 1. The Hall–Kier alpha value is -3.34. The van der Waals surface area contributed by atoms with Gasteiger partial charge in [0.05, 0.1) is 37.9 Å². The second-order valence-electron chi connectivity index (χ2n) is 6.56. The van der Waals surface area contributed by atoms with E-state index in [2.05, 4.69) is 21.8 Å². The third-order valence-corrected chi connectivity index (χ3v) is 4.46. The number of hydrogen-bond donors (Lipinski definition) is 2. The van der Waals surface area contributed by atoms with Crippen LogP contribution >= 0.6 is 0 Å². The van der Waals surface area contributed by atoms with Crippen molar-refractivity contribution < 1.29 is 14.3 Å². The first-order valence-electron chi connectivity index (χ1n) is 9.63. The second-order valence-corrected chi connectivity index (χ2v) is 6.56. The number of amides is 2. The molecule has 0 saturated heterocycles. The number of ether oxygens (including phenoxy) is 1. The smallest absolute Gasteiger partial charge is 0.243 e. The molecule has 0 fully saturated rings. The molecule has 2 rings (SSSR count). The Morgan fingerprint density at radius 1 is 1.21 bits per heavy atom. The highest BCUT2D eigenvalue weighted by molar-refractivity contribution is 5.94. The average molecular weight is 397 g/mol. The zero-order valence-corrected chi connectivity index (χ0v) is 17.1. The van der Waals surface area contributed by atoms with Gasteiger partial charge in [0.25, 0.3) is 0 Å². The van der Waals surface area contributed by atoms with Crippen molar-refractivity contribution in [3.8, 4) is 11.8 Å². The van der Waals surface area contributed by atoms with E-state index in [9.17, 15) is 9.59 Å². The van der Waals surface area contributed by atoms with Crippen LogP contribution < -0.4 is 15.4 Å². The molecule has 154 valence electrons. The lowest BCUT2D eigenvalue weighted by atomic mass is 10.1. The van der Waals surface area contributed by atoms with Crippen LogP contribution in [0.25, 0.3) is 0 Å². The number of hydrogen-bond acceptors (Lipinski definition) is 5. The molecule has 0 aliphatic carbocycles. The van der Waals surface area contributed by atoms with E-state index in [1.807, 2.05) is 20.8 Å². The molecule has 8 heteroatoms. The molecule has 2 amide bonds. The largest absolute Gasteiger partial charge is 0.494 e. The molecule has 1 heterocycles. The summed E-state index contributed by atoms with van der Waals surface area (Å²) in [6.45, 7) is 6.77. The van der Waals surface area contributed by atoms with Gasteiger partial charge in [-0.2, -0.15) is 10.4 Å². The lowest BCUT2D eigenvalue weighted by molar-refractivity contribution is -0.124. The van der Waals surface area contributed by atoms with Crippen LogP contribution in [0.15, 0.2) is 24.3 Å². The molecule has 0 atom stereocenters. The number of nitriles is 1. The number of nitrogens with one attached hydrogen (secondary N) is 2. The van der Waals surface area contributed by atoms with Crippen molar-refractivity contribution in [2.24, 2.45) is 0 Å². The summed E-state index contributed by atoms with van der Waals surface area (Å²) in [6.07, 6.45) is 1.20. The van der Waals surface area contributed by atoms with Gasteiger partial charge in [0, 0.05) is 17.8 Å². The van der Waals surface area contributed by atoms with Crippen LogP contribution in [0.1, 0.15) is 36.7 Å². The zero-order valence-electron chi connectivity index (χ0n) is 17.1. The Morgan fingerprint density at radius 2 is 1.93 bits per heavy atom. The number of carbonyl (C=O) groups is 2. The fraction of sp³-hybridized carbons (Fsp3) is 0.429. The van der Waals surface area contributed by atoms with Crippen molar-refractivity contribution in [2.75, 3.05) is 18.5 Å². The summed E-state index contributed by atoms with van der Waals surface area (Å²) in [5.41, 5.74) is 3.49. The second kappa shape index (κ2) is 10.9. The van der Waals surface area contributed by atoms with Crippen molar-refractivity contribution in [3.05, 3.63) is 41.2 Å². The molecule has 1 aromatic heterocycles. The molecule has 0 unspecified atom stereocenters. The summed E-state index contributed by atoms with van der Waals surface area (Å²) < 4.78 is 7.16. The summed E-state index contributed by atoms with van der Waals surface area (Å²) in [5.74, 6) is 0.245. The van der Waals surface area contributed by atoms with Gasteiger partial charge in [-0.1, -0.05) is 0 Å². The van der Waals surface area contributed by atoms with Crippen molar-refractivity contribution >= 4 is 17.5 Å². The quantitative estimate of drug-likeness (QED) is 0.640. The molecule has 0 bridgehead atoms. The highest BCUT2D eigenvalue weighted by Crippen LogP contribution is 2.16. The fourth-order valence-electron chi connectivity index (χ4n) is 2.98. The molecule has 2 N–H and O–H groups in total. The minimum absolute atomic E-state index is 0.0918. The predicted molar refractivity (Wildman–Crippen MR) is 110 cm³/mol. The Balaban J connectivity index is 1.77. The van der Waals surface area contributed by atoms with Crippen LogP contribution in [0.4, 0.5) is 5.69 Å². The predicted octanol–water partition coefficient (Wildman–Crippen LogP) is 2.50. The molecular formula is C21H27N5O3. The number of carbonyl (C=O) groups excluding carboxylic acids is 2. The molecule has 0 aliphatic rings. The normalized spacial score (nSPS) is 10.3. The van der Waals surface area contributed by atoms with E-state index in [1.54, 1.807) is 28.9 Å². The monoisotopic (exact) mass is 397 g/mol. The summed E-state index contributed by atoms with van der Waals surface area (Å²) in [7, 11) is 0. The lowest BCUT2D eigenvalue weighted by Gasteiger charge is -2.08. The number of anilines is 1. The highest BCUT2D eigenvalue weighted by Gasteiger charge is 2.13. The molecule has 0 aliphatic heterocycles. The number of rotatable bonds is 10. The van der Waals surface area contributed by atoms with Crippen LogP contribution in [0.5, 0.6) is 5.75 Å². The van der Waals surface area contributed by atoms with Crippen LogP contribution in [-0.4, -0.2) is 34.7 Å². The maximum atomic E-state index is 12.1. The van der Waals surface area contributed by atoms with Crippen LogP contribution in [0.3, 0.4) is 0 Å². The van der Waals surface area contributed by atoms with Gasteiger partial charge >= 0.3 is 0 Å². The Bertz CT molecular complexity index is 881. The molecule has 0 spiro atoms. The first kappa shape index (κ1) is 22.0. The van der Waals surface area contributed by atoms with E-state index in [0.29, 0.717) is 31.7 Å². The van der Waals surface area contributed by atoms with Crippen molar-refractivity contribution in [3.63, 3.8) is 0 Å². The first-order valence-corrected chi connectivity index (χ1v) is 9.63. The molecule has 29 heavy (non-hydrogen) atoms. The zero-order chi connectivity index (χ0) is 21.2. The van der Waals surface area contributed by atoms with E-state index in [4.69, 9.17) is 10.00 Å².